The molecule has 17 heavy (non-hydrogen) atoms. The Morgan fingerprint density at radius 1 is 1.12 bits per heavy atom. The molecule has 0 N–H and O–H groups in total. The molecule has 3 rings (SSSR count). The van der Waals surface area contributed by atoms with Crippen molar-refractivity contribution in [3.05, 3.63) is 70.7 Å². The average Bonchev–Trinajstić information content (AvgIpc) is 2.68. The van der Waals surface area contributed by atoms with Gasteiger partial charge >= 0.3 is 0 Å². The minimum absolute atomic E-state index is 1.07. The summed E-state index contributed by atoms with van der Waals surface area (Å²) in [7, 11) is 2.05. The zero-order chi connectivity index (χ0) is 11.8. The maximum absolute atomic E-state index is 4.72. The highest BCUT2D eigenvalue weighted by Crippen LogP contribution is 2.22. The number of hydrogen-bond acceptors (Lipinski definition) is 2. The van der Waals surface area contributed by atoms with Gasteiger partial charge in [-0.2, -0.15) is 0 Å². The molecule has 0 saturated heterocycles. The third-order valence-electron chi connectivity index (χ3n) is 3.19. The highest BCUT2D eigenvalue weighted by atomic mass is 15.1. The first-order valence-corrected chi connectivity index (χ1v) is 5.74. The summed E-state index contributed by atoms with van der Waals surface area (Å²) in [5, 5.41) is 2.32. The van der Waals surface area contributed by atoms with E-state index in [1.165, 1.54) is 10.8 Å². The van der Waals surface area contributed by atoms with Crippen molar-refractivity contribution < 1.29 is 0 Å². The smallest absolute Gasteiger partial charge is 0.0909 e. The molecule has 0 unspecified atom stereocenters. The van der Waals surface area contributed by atoms with Gasteiger partial charge in [0.15, 0.2) is 0 Å². The Kier molecular flexibility index (Phi) is 2.22. The van der Waals surface area contributed by atoms with Gasteiger partial charge in [0, 0.05) is 18.5 Å². The van der Waals surface area contributed by atoms with Crippen LogP contribution in [0.25, 0.3) is 5.57 Å². The standard InChI is InChI=1S/C15H14N2/c1-11-12-7-3-4-8-13(12)16-15(11)14-9-5-6-10-17(14)2/h3-10H,1-2H3/b15-14-. The Hall–Kier alpha value is -2.09. The highest BCUT2D eigenvalue weighted by molar-refractivity contribution is 5.66. The second-order valence-electron chi connectivity index (χ2n) is 4.30. The molecule has 2 aliphatic rings. The normalized spacial score (nSPS) is 21.8. The fourth-order valence-corrected chi connectivity index (χ4v) is 2.24. The van der Waals surface area contributed by atoms with Crippen LogP contribution in [0.5, 0.6) is 0 Å². The van der Waals surface area contributed by atoms with Crippen molar-refractivity contribution >= 4 is 5.57 Å². The Morgan fingerprint density at radius 2 is 1.94 bits per heavy atom. The molecule has 0 aliphatic carbocycles. The van der Waals surface area contributed by atoms with E-state index in [0.717, 1.165) is 16.8 Å². The highest BCUT2D eigenvalue weighted by Gasteiger charge is 2.15. The fourth-order valence-electron chi connectivity index (χ4n) is 2.24. The van der Waals surface area contributed by atoms with Gasteiger partial charge in [0.2, 0.25) is 0 Å². The van der Waals surface area contributed by atoms with Crippen LogP contribution < -0.4 is 10.6 Å². The summed E-state index contributed by atoms with van der Waals surface area (Å²) in [4.78, 5) is 6.83. The molecule has 0 saturated carbocycles. The average molecular weight is 222 g/mol. The van der Waals surface area contributed by atoms with Crippen LogP contribution in [0.15, 0.2) is 65.1 Å². The van der Waals surface area contributed by atoms with Gasteiger partial charge in [0.25, 0.3) is 0 Å². The van der Waals surface area contributed by atoms with Gasteiger partial charge in [-0.15, -0.1) is 0 Å². The summed E-state index contributed by atoms with van der Waals surface area (Å²) in [5.74, 6) is 0. The molecule has 0 amide bonds. The Balaban J connectivity index is 2.28. The van der Waals surface area contributed by atoms with Crippen LogP contribution in [-0.2, 0) is 0 Å². The molecule has 1 aromatic rings. The van der Waals surface area contributed by atoms with E-state index >= 15 is 0 Å². The Bertz CT molecular complexity index is 675. The van der Waals surface area contributed by atoms with Crippen molar-refractivity contribution in [1.29, 1.82) is 0 Å². The first-order valence-electron chi connectivity index (χ1n) is 5.74. The van der Waals surface area contributed by atoms with Crippen molar-refractivity contribution in [2.24, 2.45) is 4.99 Å². The molecule has 0 aromatic heterocycles. The molecule has 0 atom stereocenters. The topological polar surface area (TPSA) is 15.6 Å². The first-order chi connectivity index (χ1) is 8.27. The van der Waals surface area contributed by atoms with Gasteiger partial charge in [0.05, 0.1) is 16.8 Å². The lowest BCUT2D eigenvalue weighted by molar-refractivity contribution is 0.578. The van der Waals surface area contributed by atoms with E-state index in [2.05, 4.69) is 36.1 Å². The van der Waals surface area contributed by atoms with Gasteiger partial charge in [-0.05, 0) is 30.7 Å². The second kappa shape index (κ2) is 3.74. The SMILES string of the molecule is CC1=c2ccccc2=N/C1=C1/C=CC=CN1C. The van der Waals surface area contributed by atoms with Gasteiger partial charge in [-0.3, -0.25) is 0 Å². The third kappa shape index (κ3) is 1.53. The van der Waals surface area contributed by atoms with Crippen LogP contribution in [0, 0.1) is 0 Å². The Morgan fingerprint density at radius 3 is 2.71 bits per heavy atom. The molecule has 2 heteroatoms. The molecule has 2 nitrogen and oxygen atoms in total. The number of benzene rings is 1. The minimum Gasteiger partial charge on any atom is -0.349 e. The molecule has 0 bridgehead atoms. The summed E-state index contributed by atoms with van der Waals surface area (Å²) < 4.78 is 0. The fraction of sp³-hybridized carbons (Fsp3) is 0.133. The zero-order valence-electron chi connectivity index (χ0n) is 10.0. The predicted octanol–water partition coefficient (Wildman–Crippen LogP) is 1.72. The van der Waals surface area contributed by atoms with Crippen LogP contribution in [0.2, 0.25) is 0 Å². The van der Waals surface area contributed by atoms with Crippen molar-refractivity contribution in [3.8, 4) is 0 Å². The van der Waals surface area contributed by atoms with Crippen LogP contribution >= 0.6 is 0 Å². The van der Waals surface area contributed by atoms with Crippen LogP contribution in [0.4, 0.5) is 0 Å². The zero-order valence-corrected chi connectivity index (χ0v) is 10.0. The lowest BCUT2D eigenvalue weighted by atomic mass is 10.1. The molecular weight excluding hydrogens is 208 g/mol. The number of likely N-dealkylation sites (N-methyl/N-ethyl adjacent to an activating group) is 1. The maximum atomic E-state index is 4.72. The molecule has 1 aromatic carbocycles. The van der Waals surface area contributed by atoms with E-state index in [1.807, 2.05) is 31.5 Å². The van der Waals surface area contributed by atoms with Crippen molar-refractivity contribution in [2.45, 2.75) is 6.92 Å². The van der Waals surface area contributed by atoms with Gasteiger partial charge in [0.1, 0.15) is 0 Å². The van der Waals surface area contributed by atoms with E-state index in [4.69, 9.17) is 4.99 Å². The summed E-state index contributed by atoms with van der Waals surface area (Å²) in [5.41, 5.74) is 3.48. The number of rotatable bonds is 0. The van der Waals surface area contributed by atoms with E-state index in [1.54, 1.807) is 0 Å². The number of fused-ring (bicyclic) bond motifs is 1. The predicted molar refractivity (Wildman–Crippen MR) is 69.4 cm³/mol. The largest absolute Gasteiger partial charge is 0.349 e. The molecular formula is C15H14N2. The molecule has 2 heterocycles. The van der Waals surface area contributed by atoms with Gasteiger partial charge < -0.3 is 4.90 Å². The second-order valence-corrected chi connectivity index (χ2v) is 4.30. The molecule has 84 valence electrons. The first kappa shape index (κ1) is 10.1. The molecule has 2 aliphatic heterocycles. The minimum atomic E-state index is 1.07. The lowest BCUT2D eigenvalue weighted by Crippen LogP contribution is -2.21. The van der Waals surface area contributed by atoms with Gasteiger partial charge in [-0.25, -0.2) is 4.99 Å². The molecule has 0 fully saturated rings. The van der Waals surface area contributed by atoms with E-state index in [9.17, 15) is 0 Å². The third-order valence-corrected chi connectivity index (χ3v) is 3.19. The number of nitrogens with zero attached hydrogens (tertiary/aromatic N) is 2. The Labute approximate surface area is 101 Å². The molecule has 0 radical (unpaired) electrons. The van der Waals surface area contributed by atoms with Crippen molar-refractivity contribution in [1.82, 2.24) is 4.90 Å². The van der Waals surface area contributed by atoms with Crippen LogP contribution in [0.3, 0.4) is 0 Å². The van der Waals surface area contributed by atoms with E-state index in [0.29, 0.717) is 0 Å². The van der Waals surface area contributed by atoms with E-state index in [-0.39, 0.29) is 0 Å². The summed E-state index contributed by atoms with van der Waals surface area (Å²) in [6.45, 7) is 2.14. The van der Waals surface area contributed by atoms with E-state index < -0.39 is 0 Å². The van der Waals surface area contributed by atoms with Crippen LogP contribution in [0.1, 0.15) is 6.92 Å². The number of hydrogen-bond donors (Lipinski definition) is 0. The monoisotopic (exact) mass is 222 g/mol. The summed E-state index contributed by atoms with van der Waals surface area (Å²) >= 11 is 0. The quantitative estimate of drug-likeness (QED) is 0.652. The summed E-state index contributed by atoms with van der Waals surface area (Å²) in [6.07, 6.45) is 8.23. The van der Waals surface area contributed by atoms with Crippen LogP contribution in [-0.4, -0.2) is 11.9 Å². The summed E-state index contributed by atoms with van der Waals surface area (Å²) in [6, 6.07) is 8.29. The van der Waals surface area contributed by atoms with Crippen molar-refractivity contribution in [2.75, 3.05) is 7.05 Å². The van der Waals surface area contributed by atoms with Gasteiger partial charge in [-0.1, -0.05) is 24.3 Å². The lowest BCUT2D eigenvalue weighted by Gasteiger charge is -2.19. The molecule has 0 spiro atoms. The number of allylic oxidation sites excluding steroid dienone is 4. The number of para-hydroxylation sites is 1. The van der Waals surface area contributed by atoms with Crippen molar-refractivity contribution in [3.63, 3.8) is 0 Å². The maximum Gasteiger partial charge on any atom is 0.0909 e.